The number of nitrogens with one attached hydrogen (secondary N) is 2. The quantitative estimate of drug-likeness (QED) is 0.743. The molecule has 0 aliphatic rings. The van der Waals surface area contributed by atoms with E-state index < -0.39 is 11.0 Å². The molecule has 5 nitrogen and oxygen atoms in total. The van der Waals surface area contributed by atoms with Crippen LogP contribution in [0.1, 0.15) is 62.7 Å². The Kier molecular flexibility index (Phi) is 6.36. The number of thiophene rings is 1. The first-order valence-corrected chi connectivity index (χ1v) is 8.76. The van der Waals surface area contributed by atoms with Crippen molar-refractivity contribution in [3.63, 3.8) is 0 Å². The van der Waals surface area contributed by atoms with Crippen molar-refractivity contribution in [3.8, 4) is 0 Å². The molecular weight excluding hydrogens is 312 g/mol. The number of amides is 2. The number of rotatable bonds is 6. The average molecular weight is 340 g/mol. The molecular formula is C17H28N2O3S. The molecule has 0 saturated carbocycles. The minimum absolute atomic E-state index is 0.0861. The summed E-state index contributed by atoms with van der Waals surface area (Å²) in [4.78, 5) is 24.9. The molecule has 6 heteroatoms. The molecule has 1 aromatic rings. The molecule has 0 atom stereocenters. The summed E-state index contributed by atoms with van der Waals surface area (Å²) in [6.45, 7) is 11.4. The van der Waals surface area contributed by atoms with Crippen molar-refractivity contribution in [2.75, 3.05) is 11.9 Å². The molecule has 1 heterocycles. The maximum atomic E-state index is 12.3. The van der Waals surface area contributed by atoms with Gasteiger partial charge in [0.2, 0.25) is 5.91 Å². The molecule has 2 amide bonds. The Labute approximate surface area is 142 Å². The Bertz CT molecular complexity index is 569. The minimum Gasteiger partial charge on any atom is -0.388 e. The molecule has 0 fully saturated rings. The van der Waals surface area contributed by atoms with Crippen LogP contribution in [0.3, 0.4) is 0 Å². The van der Waals surface area contributed by atoms with Crippen LogP contribution >= 0.6 is 11.3 Å². The van der Waals surface area contributed by atoms with Crippen molar-refractivity contribution in [1.29, 1.82) is 0 Å². The lowest BCUT2D eigenvalue weighted by atomic mass is 9.96. The Morgan fingerprint density at radius 2 is 1.78 bits per heavy atom. The second kappa shape index (κ2) is 7.45. The van der Waals surface area contributed by atoms with Gasteiger partial charge in [-0.15, -0.1) is 11.3 Å². The van der Waals surface area contributed by atoms with Gasteiger partial charge in [0.15, 0.2) is 0 Å². The molecule has 0 bridgehead atoms. The number of hydrogen-bond acceptors (Lipinski definition) is 4. The number of aliphatic hydroxyl groups is 1. The SMILES string of the molecule is CCC(O)(CC)CNC(=O)c1sc(NC(=O)C(C)(C)C)cc1C. The number of carbonyl (C=O) groups excluding carboxylic acids is 2. The van der Waals surface area contributed by atoms with Gasteiger partial charge >= 0.3 is 0 Å². The molecule has 0 aromatic carbocycles. The first kappa shape index (κ1) is 19.6. The summed E-state index contributed by atoms with van der Waals surface area (Å²) >= 11 is 1.25. The lowest BCUT2D eigenvalue weighted by molar-refractivity contribution is -0.123. The molecule has 0 saturated heterocycles. The largest absolute Gasteiger partial charge is 0.388 e. The van der Waals surface area contributed by atoms with E-state index in [4.69, 9.17) is 0 Å². The lowest BCUT2D eigenvalue weighted by Crippen LogP contribution is -2.41. The maximum absolute atomic E-state index is 12.3. The van der Waals surface area contributed by atoms with E-state index in [1.54, 1.807) is 6.07 Å². The summed E-state index contributed by atoms with van der Waals surface area (Å²) in [5.74, 6) is -0.305. The molecule has 0 aliphatic carbocycles. The van der Waals surface area contributed by atoms with Crippen molar-refractivity contribution in [2.24, 2.45) is 5.41 Å². The molecule has 0 unspecified atom stereocenters. The highest BCUT2D eigenvalue weighted by atomic mass is 32.1. The third kappa shape index (κ3) is 5.32. The third-order valence-corrected chi connectivity index (χ3v) is 5.09. The maximum Gasteiger partial charge on any atom is 0.261 e. The molecule has 1 aromatic heterocycles. The normalized spacial score (nSPS) is 12.1. The lowest BCUT2D eigenvalue weighted by Gasteiger charge is -2.25. The van der Waals surface area contributed by atoms with Crippen LogP contribution < -0.4 is 10.6 Å². The summed E-state index contributed by atoms with van der Waals surface area (Å²) in [6, 6.07) is 1.80. The molecule has 0 radical (unpaired) electrons. The zero-order valence-corrected chi connectivity index (χ0v) is 15.7. The van der Waals surface area contributed by atoms with Crippen LogP contribution in [-0.4, -0.2) is 29.1 Å². The Morgan fingerprint density at radius 1 is 1.22 bits per heavy atom. The molecule has 3 N–H and O–H groups in total. The predicted molar refractivity (Wildman–Crippen MR) is 95.0 cm³/mol. The first-order chi connectivity index (χ1) is 10.5. The summed E-state index contributed by atoms with van der Waals surface area (Å²) in [7, 11) is 0. The van der Waals surface area contributed by atoms with Gasteiger partial charge in [0.1, 0.15) is 0 Å². The summed E-state index contributed by atoms with van der Waals surface area (Å²) in [5.41, 5.74) is -0.545. The van der Waals surface area contributed by atoms with E-state index in [0.717, 1.165) is 5.56 Å². The molecule has 0 spiro atoms. The second-order valence-electron chi connectivity index (χ2n) is 6.94. The van der Waals surface area contributed by atoms with E-state index in [-0.39, 0.29) is 18.4 Å². The van der Waals surface area contributed by atoms with Crippen molar-refractivity contribution in [1.82, 2.24) is 5.32 Å². The van der Waals surface area contributed by atoms with Crippen LogP contribution in [-0.2, 0) is 4.79 Å². The van der Waals surface area contributed by atoms with Gasteiger partial charge in [-0.2, -0.15) is 0 Å². The van der Waals surface area contributed by atoms with Gasteiger partial charge in [-0.1, -0.05) is 34.6 Å². The van der Waals surface area contributed by atoms with Crippen molar-refractivity contribution in [2.45, 2.75) is 60.0 Å². The second-order valence-corrected chi connectivity index (χ2v) is 7.99. The Morgan fingerprint density at radius 3 is 2.26 bits per heavy atom. The molecule has 23 heavy (non-hydrogen) atoms. The number of hydrogen-bond donors (Lipinski definition) is 3. The first-order valence-electron chi connectivity index (χ1n) is 7.95. The van der Waals surface area contributed by atoms with Gasteiger partial charge < -0.3 is 15.7 Å². The Hall–Kier alpha value is -1.40. The van der Waals surface area contributed by atoms with Gasteiger partial charge in [-0.3, -0.25) is 9.59 Å². The van der Waals surface area contributed by atoms with Crippen LogP contribution in [0.4, 0.5) is 5.00 Å². The van der Waals surface area contributed by atoms with E-state index >= 15 is 0 Å². The fourth-order valence-electron chi connectivity index (χ4n) is 1.89. The highest BCUT2D eigenvalue weighted by molar-refractivity contribution is 7.18. The van der Waals surface area contributed by atoms with Crippen molar-refractivity contribution in [3.05, 3.63) is 16.5 Å². The van der Waals surface area contributed by atoms with Crippen LogP contribution in [0.15, 0.2) is 6.07 Å². The van der Waals surface area contributed by atoms with E-state index in [9.17, 15) is 14.7 Å². The minimum atomic E-state index is -0.871. The fraction of sp³-hybridized carbons (Fsp3) is 0.647. The standard InChI is InChI=1S/C17H28N2O3S/c1-7-17(22,8-2)10-18-14(20)13-11(3)9-12(23-13)19-15(21)16(4,5)6/h9,22H,7-8,10H2,1-6H3,(H,18,20)(H,19,21). The van der Waals surface area contributed by atoms with Gasteiger partial charge in [0, 0.05) is 12.0 Å². The van der Waals surface area contributed by atoms with Gasteiger partial charge in [0.25, 0.3) is 5.91 Å². The number of aryl methyl sites for hydroxylation is 1. The topological polar surface area (TPSA) is 78.4 Å². The van der Waals surface area contributed by atoms with Crippen LogP contribution in [0.5, 0.6) is 0 Å². The van der Waals surface area contributed by atoms with Gasteiger partial charge in [-0.05, 0) is 31.4 Å². The van der Waals surface area contributed by atoms with E-state index in [2.05, 4.69) is 10.6 Å². The zero-order chi connectivity index (χ0) is 17.8. The number of carbonyl (C=O) groups is 2. The van der Waals surface area contributed by atoms with Gasteiger partial charge in [0.05, 0.1) is 15.5 Å². The van der Waals surface area contributed by atoms with Crippen LogP contribution in [0, 0.1) is 12.3 Å². The van der Waals surface area contributed by atoms with E-state index in [1.165, 1.54) is 11.3 Å². The smallest absolute Gasteiger partial charge is 0.261 e. The highest BCUT2D eigenvalue weighted by Gasteiger charge is 2.25. The van der Waals surface area contributed by atoms with Crippen molar-refractivity contribution < 1.29 is 14.7 Å². The van der Waals surface area contributed by atoms with Gasteiger partial charge in [-0.25, -0.2) is 0 Å². The third-order valence-electron chi connectivity index (χ3n) is 3.94. The molecule has 1 rings (SSSR count). The van der Waals surface area contributed by atoms with Crippen molar-refractivity contribution >= 4 is 28.2 Å². The molecule has 0 aliphatic heterocycles. The van der Waals surface area contributed by atoms with E-state index in [1.807, 2.05) is 41.5 Å². The van der Waals surface area contributed by atoms with E-state index in [0.29, 0.717) is 22.7 Å². The number of anilines is 1. The van der Waals surface area contributed by atoms with Crippen LogP contribution in [0.25, 0.3) is 0 Å². The predicted octanol–water partition coefficient (Wildman–Crippen LogP) is 3.32. The summed E-state index contributed by atoms with van der Waals surface area (Å²) in [5, 5.41) is 16.5. The van der Waals surface area contributed by atoms with Crippen LogP contribution in [0.2, 0.25) is 0 Å². The molecule has 130 valence electrons. The summed E-state index contributed by atoms with van der Waals surface area (Å²) < 4.78 is 0. The zero-order valence-electron chi connectivity index (χ0n) is 14.9. The monoisotopic (exact) mass is 340 g/mol. The Balaban J connectivity index is 2.78. The average Bonchev–Trinajstić information content (AvgIpc) is 2.84. The summed E-state index contributed by atoms with van der Waals surface area (Å²) in [6.07, 6.45) is 1.17. The highest BCUT2D eigenvalue weighted by Crippen LogP contribution is 2.28. The fourth-order valence-corrected chi connectivity index (χ4v) is 2.88.